The Hall–Kier alpha value is -0.830. The van der Waals surface area contributed by atoms with E-state index in [2.05, 4.69) is 27.1 Å². The maximum Gasteiger partial charge on any atom is 0.0965 e. The summed E-state index contributed by atoms with van der Waals surface area (Å²) in [7, 11) is 0. The Bertz CT molecular complexity index is 277. The number of aliphatic imine (C=N–C) groups is 1. The minimum Gasteiger partial charge on any atom is -0.370 e. The Balaban J connectivity index is 1.82. The van der Waals surface area contributed by atoms with Crippen LogP contribution >= 0.6 is 11.3 Å². The molecule has 0 amide bonds. The second-order valence-electron chi connectivity index (χ2n) is 3.27. The third-order valence-corrected chi connectivity index (χ3v) is 2.93. The van der Waals surface area contributed by atoms with E-state index in [1.807, 2.05) is 0 Å². The third kappa shape index (κ3) is 2.56. The van der Waals surface area contributed by atoms with Gasteiger partial charge in [0.15, 0.2) is 0 Å². The summed E-state index contributed by atoms with van der Waals surface area (Å²) in [6.45, 7) is 1.94. The highest BCUT2D eigenvalue weighted by Gasteiger charge is 2.03. The van der Waals surface area contributed by atoms with Gasteiger partial charge in [-0.2, -0.15) is 11.3 Å². The largest absolute Gasteiger partial charge is 0.370 e. The summed E-state index contributed by atoms with van der Waals surface area (Å²) in [6, 6.07) is 2.15. The van der Waals surface area contributed by atoms with Crippen LogP contribution in [0.25, 0.3) is 0 Å². The van der Waals surface area contributed by atoms with Crippen LogP contribution in [-0.4, -0.2) is 12.4 Å². The molecule has 0 radical (unpaired) electrons. The molecule has 0 saturated carbocycles. The first kappa shape index (κ1) is 8.75. The molecule has 1 aliphatic rings. The average molecular weight is 194 g/mol. The van der Waals surface area contributed by atoms with Crippen molar-refractivity contribution in [1.29, 1.82) is 0 Å². The lowest BCUT2D eigenvalue weighted by Crippen LogP contribution is -2.24. The molecule has 0 atom stereocenters. The Labute approximate surface area is 82.7 Å². The minimum absolute atomic E-state index is 0.933. The molecule has 0 aromatic carbocycles. The first-order valence-electron chi connectivity index (χ1n) is 4.73. The highest BCUT2D eigenvalue weighted by molar-refractivity contribution is 7.07. The van der Waals surface area contributed by atoms with Crippen molar-refractivity contribution in [3.8, 4) is 0 Å². The smallest absolute Gasteiger partial charge is 0.0965 e. The van der Waals surface area contributed by atoms with Crippen LogP contribution in [-0.2, 0) is 6.54 Å². The van der Waals surface area contributed by atoms with Crippen LogP contribution in [0, 0.1) is 0 Å². The molecule has 2 heterocycles. The van der Waals surface area contributed by atoms with Gasteiger partial charge in [-0.3, -0.25) is 4.99 Å². The van der Waals surface area contributed by atoms with Crippen LogP contribution in [0.2, 0.25) is 0 Å². The fourth-order valence-corrected chi connectivity index (χ4v) is 2.11. The fraction of sp³-hybridized carbons (Fsp3) is 0.500. The molecule has 0 unspecified atom stereocenters. The lowest BCUT2D eigenvalue weighted by atomic mass is 10.2. The molecule has 0 bridgehead atoms. The SMILES string of the molecule is c1cc(CNC2=NCCCC2)cs1. The van der Waals surface area contributed by atoms with Gasteiger partial charge in [-0.1, -0.05) is 0 Å². The van der Waals surface area contributed by atoms with Crippen LogP contribution < -0.4 is 5.32 Å². The van der Waals surface area contributed by atoms with Crippen molar-refractivity contribution in [3.05, 3.63) is 22.4 Å². The Morgan fingerprint density at radius 2 is 2.46 bits per heavy atom. The van der Waals surface area contributed by atoms with Gasteiger partial charge in [0.1, 0.15) is 0 Å². The molecule has 1 aliphatic heterocycles. The number of rotatable bonds is 2. The van der Waals surface area contributed by atoms with Crippen LogP contribution in [0.1, 0.15) is 24.8 Å². The van der Waals surface area contributed by atoms with Gasteiger partial charge in [0, 0.05) is 19.5 Å². The standard InChI is InChI=1S/C10H14N2S/c1-2-5-11-10(3-1)12-7-9-4-6-13-8-9/h4,6,8H,1-3,5,7H2,(H,11,12). The summed E-state index contributed by atoms with van der Waals surface area (Å²) in [6.07, 6.45) is 3.67. The number of thiophene rings is 1. The molecule has 1 aromatic rings. The summed E-state index contributed by atoms with van der Waals surface area (Å²) < 4.78 is 0. The molecule has 0 spiro atoms. The van der Waals surface area contributed by atoms with Crippen molar-refractivity contribution in [2.75, 3.05) is 6.54 Å². The molecule has 2 rings (SSSR count). The molecule has 1 N–H and O–H groups in total. The summed E-state index contributed by atoms with van der Waals surface area (Å²) in [5, 5.41) is 7.67. The lowest BCUT2D eigenvalue weighted by Gasteiger charge is -2.13. The van der Waals surface area contributed by atoms with E-state index >= 15 is 0 Å². The molecule has 13 heavy (non-hydrogen) atoms. The zero-order valence-corrected chi connectivity index (χ0v) is 8.44. The van der Waals surface area contributed by atoms with Crippen molar-refractivity contribution < 1.29 is 0 Å². The van der Waals surface area contributed by atoms with Gasteiger partial charge >= 0.3 is 0 Å². The van der Waals surface area contributed by atoms with Crippen molar-refractivity contribution >= 4 is 17.2 Å². The average Bonchev–Trinajstić information content (AvgIpc) is 2.69. The van der Waals surface area contributed by atoms with E-state index < -0.39 is 0 Å². The number of hydrogen-bond donors (Lipinski definition) is 1. The zero-order valence-electron chi connectivity index (χ0n) is 7.62. The Morgan fingerprint density at radius 1 is 1.46 bits per heavy atom. The van der Waals surface area contributed by atoms with E-state index in [4.69, 9.17) is 0 Å². The van der Waals surface area contributed by atoms with Crippen LogP contribution in [0.3, 0.4) is 0 Å². The van der Waals surface area contributed by atoms with E-state index in [9.17, 15) is 0 Å². The highest BCUT2D eigenvalue weighted by atomic mass is 32.1. The van der Waals surface area contributed by atoms with E-state index in [0.29, 0.717) is 0 Å². The molecular weight excluding hydrogens is 180 g/mol. The second kappa shape index (κ2) is 4.42. The third-order valence-electron chi connectivity index (χ3n) is 2.20. The molecular formula is C10H14N2S. The predicted octanol–water partition coefficient (Wildman–Crippen LogP) is 2.42. The first-order chi connectivity index (χ1) is 6.45. The van der Waals surface area contributed by atoms with Gasteiger partial charge in [-0.25, -0.2) is 0 Å². The molecule has 1 aromatic heterocycles. The van der Waals surface area contributed by atoms with Crippen molar-refractivity contribution in [2.24, 2.45) is 4.99 Å². The van der Waals surface area contributed by atoms with Gasteiger partial charge in [0.25, 0.3) is 0 Å². The quantitative estimate of drug-likeness (QED) is 0.768. The second-order valence-corrected chi connectivity index (χ2v) is 4.05. The Morgan fingerprint density at radius 3 is 3.15 bits per heavy atom. The maximum atomic E-state index is 4.44. The number of nitrogens with zero attached hydrogens (tertiary/aromatic N) is 1. The summed E-state index contributed by atoms with van der Waals surface area (Å²) in [4.78, 5) is 4.44. The number of nitrogens with one attached hydrogen (secondary N) is 1. The van der Waals surface area contributed by atoms with Gasteiger partial charge < -0.3 is 5.32 Å². The van der Waals surface area contributed by atoms with Gasteiger partial charge in [-0.05, 0) is 35.2 Å². The predicted molar refractivity (Wildman–Crippen MR) is 57.3 cm³/mol. The normalized spacial score (nSPS) is 16.8. The van der Waals surface area contributed by atoms with Gasteiger partial charge in [-0.15, -0.1) is 0 Å². The fourth-order valence-electron chi connectivity index (χ4n) is 1.44. The minimum atomic E-state index is 0.933. The summed E-state index contributed by atoms with van der Waals surface area (Å²) in [5.41, 5.74) is 1.36. The lowest BCUT2D eigenvalue weighted by molar-refractivity contribution is 0.706. The number of amidine groups is 1. The summed E-state index contributed by atoms with van der Waals surface area (Å²) >= 11 is 1.75. The topological polar surface area (TPSA) is 24.4 Å². The van der Waals surface area contributed by atoms with Gasteiger partial charge in [0.05, 0.1) is 5.84 Å². The van der Waals surface area contributed by atoms with E-state index in [1.54, 1.807) is 11.3 Å². The first-order valence-corrected chi connectivity index (χ1v) is 5.68. The molecule has 0 aliphatic carbocycles. The zero-order chi connectivity index (χ0) is 8.93. The van der Waals surface area contributed by atoms with Crippen LogP contribution in [0.4, 0.5) is 0 Å². The van der Waals surface area contributed by atoms with Gasteiger partial charge in [0.2, 0.25) is 0 Å². The highest BCUT2D eigenvalue weighted by Crippen LogP contribution is 2.07. The van der Waals surface area contributed by atoms with Crippen molar-refractivity contribution in [3.63, 3.8) is 0 Å². The monoisotopic (exact) mass is 194 g/mol. The molecule has 3 heteroatoms. The number of hydrogen-bond acceptors (Lipinski definition) is 3. The van der Waals surface area contributed by atoms with Crippen molar-refractivity contribution in [2.45, 2.75) is 25.8 Å². The Kier molecular flexibility index (Phi) is 2.98. The molecule has 0 saturated heterocycles. The van der Waals surface area contributed by atoms with E-state index in [-0.39, 0.29) is 0 Å². The molecule has 70 valence electrons. The van der Waals surface area contributed by atoms with E-state index in [0.717, 1.165) is 19.5 Å². The maximum absolute atomic E-state index is 4.44. The molecule has 0 fully saturated rings. The van der Waals surface area contributed by atoms with E-state index in [1.165, 1.54) is 24.2 Å². The summed E-state index contributed by atoms with van der Waals surface area (Å²) in [5.74, 6) is 1.19. The van der Waals surface area contributed by atoms with Crippen LogP contribution in [0.15, 0.2) is 21.8 Å². The molecule has 2 nitrogen and oxygen atoms in total. The van der Waals surface area contributed by atoms with Crippen LogP contribution in [0.5, 0.6) is 0 Å². The van der Waals surface area contributed by atoms with Crippen molar-refractivity contribution in [1.82, 2.24) is 5.32 Å².